The normalized spacial score (nSPS) is 46.0. The zero-order chi connectivity index (χ0) is 14.7. The van der Waals surface area contributed by atoms with Crippen molar-refractivity contribution >= 4 is 11.3 Å². The van der Waals surface area contributed by atoms with E-state index in [2.05, 4.69) is 29.6 Å². The third-order valence-corrected chi connectivity index (χ3v) is 7.27. The van der Waals surface area contributed by atoms with Crippen LogP contribution in [0, 0.1) is 22.2 Å². The van der Waals surface area contributed by atoms with Crippen molar-refractivity contribution in [3.8, 4) is 0 Å². The standard InChI is InChI=1S/C17H27N3S/c1-15-6-12-7-16(2,9-15)11-17(8-12,10-15)13(20-18)5-14-19-3-4-21-14/h3-4,12-13,20H,5-11,18H2,1-2H3. The Bertz CT molecular complexity index is 508. The highest BCUT2D eigenvalue weighted by Crippen LogP contribution is 2.70. The molecule has 4 aliphatic carbocycles. The molecule has 4 fully saturated rings. The number of hydrazine groups is 1. The van der Waals surface area contributed by atoms with Crippen LogP contribution < -0.4 is 11.3 Å². The predicted molar refractivity (Wildman–Crippen MR) is 86.8 cm³/mol. The molecule has 1 aromatic rings. The monoisotopic (exact) mass is 305 g/mol. The zero-order valence-electron chi connectivity index (χ0n) is 13.2. The fourth-order valence-corrected chi connectivity index (χ4v) is 7.57. The maximum Gasteiger partial charge on any atom is 0.0941 e. The Balaban J connectivity index is 1.66. The van der Waals surface area contributed by atoms with Gasteiger partial charge in [-0.15, -0.1) is 11.3 Å². The second-order valence-electron chi connectivity index (χ2n) is 8.84. The van der Waals surface area contributed by atoms with Crippen molar-refractivity contribution < 1.29 is 0 Å². The van der Waals surface area contributed by atoms with Gasteiger partial charge in [-0.3, -0.25) is 11.3 Å². The first-order chi connectivity index (χ1) is 9.94. The summed E-state index contributed by atoms with van der Waals surface area (Å²) in [6.07, 6.45) is 11.3. The number of thiazole rings is 1. The van der Waals surface area contributed by atoms with Gasteiger partial charge in [-0.1, -0.05) is 13.8 Å². The average Bonchev–Trinajstić information content (AvgIpc) is 2.83. The van der Waals surface area contributed by atoms with E-state index in [9.17, 15) is 0 Å². The van der Waals surface area contributed by atoms with E-state index in [0.717, 1.165) is 12.3 Å². The number of nitrogens with two attached hydrogens (primary N) is 1. The Morgan fingerprint density at radius 3 is 2.52 bits per heavy atom. The average molecular weight is 305 g/mol. The lowest BCUT2D eigenvalue weighted by molar-refractivity contribution is -0.157. The van der Waals surface area contributed by atoms with Crippen LogP contribution in [0.5, 0.6) is 0 Å². The van der Waals surface area contributed by atoms with Crippen molar-refractivity contribution in [1.29, 1.82) is 0 Å². The first-order valence-corrected chi connectivity index (χ1v) is 9.17. The van der Waals surface area contributed by atoms with Crippen molar-refractivity contribution in [2.24, 2.45) is 28.0 Å². The number of hydrogen-bond acceptors (Lipinski definition) is 4. The molecule has 116 valence electrons. The molecule has 3 unspecified atom stereocenters. The van der Waals surface area contributed by atoms with Crippen LogP contribution in [0.25, 0.3) is 0 Å². The molecule has 3 N–H and O–H groups in total. The Kier molecular flexibility index (Phi) is 3.05. The number of hydrogen-bond donors (Lipinski definition) is 2. The fourth-order valence-electron chi connectivity index (χ4n) is 6.91. The molecule has 0 amide bonds. The molecule has 0 aromatic carbocycles. The van der Waals surface area contributed by atoms with Gasteiger partial charge in [0.05, 0.1) is 5.01 Å². The zero-order valence-corrected chi connectivity index (χ0v) is 14.0. The summed E-state index contributed by atoms with van der Waals surface area (Å²) in [4.78, 5) is 4.49. The maximum absolute atomic E-state index is 6.02. The number of nitrogens with one attached hydrogen (secondary N) is 1. The largest absolute Gasteiger partial charge is 0.271 e. The van der Waals surface area contributed by atoms with Gasteiger partial charge in [0, 0.05) is 24.0 Å². The van der Waals surface area contributed by atoms with Crippen LogP contribution in [-0.4, -0.2) is 11.0 Å². The van der Waals surface area contributed by atoms with E-state index < -0.39 is 0 Å². The van der Waals surface area contributed by atoms with Gasteiger partial charge in [-0.25, -0.2) is 4.98 Å². The van der Waals surface area contributed by atoms with Gasteiger partial charge in [-0.2, -0.15) is 0 Å². The summed E-state index contributed by atoms with van der Waals surface area (Å²) in [6.45, 7) is 5.06. The van der Waals surface area contributed by atoms with Crippen molar-refractivity contribution in [2.75, 3.05) is 0 Å². The summed E-state index contributed by atoms with van der Waals surface area (Å²) < 4.78 is 0. The molecule has 1 heterocycles. The molecule has 0 radical (unpaired) electrons. The Labute approximate surface area is 131 Å². The van der Waals surface area contributed by atoms with Crippen molar-refractivity contribution in [2.45, 2.75) is 64.8 Å². The molecule has 4 heteroatoms. The molecular weight excluding hydrogens is 278 g/mol. The third kappa shape index (κ3) is 2.27. The SMILES string of the molecule is CC12CC3CC(C)(C1)CC(C(Cc1nccs1)NN)(C3)C2. The molecule has 3 nitrogen and oxygen atoms in total. The topological polar surface area (TPSA) is 50.9 Å². The minimum atomic E-state index is 0.380. The fraction of sp³-hybridized carbons (Fsp3) is 0.824. The molecule has 0 spiro atoms. The quantitative estimate of drug-likeness (QED) is 0.661. The van der Waals surface area contributed by atoms with Gasteiger partial charge in [0.1, 0.15) is 0 Å². The van der Waals surface area contributed by atoms with Crippen LogP contribution in [0.1, 0.15) is 57.4 Å². The molecule has 21 heavy (non-hydrogen) atoms. The predicted octanol–water partition coefficient (Wildman–Crippen LogP) is 3.51. The molecule has 1 aromatic heterocycles. The summed E-state index contributed by atoms with van der Waals surface area (Å²) in [5.41, 5.74) is 4.69. The van der Waals surface area contributed by atoms with Gasteiger partial charge in [0.15, 0.2) is 0 Å². The molecule has 4 bridgehead atoms. The molecular formula is C17H27N3S. The van der Waals surface area contributed by atoms with Gasteiger partial charge >= 0.3 is 0 Å². The van der Waals surface area contributed by atoms with Crippen LogP contribution >= 0.6 is 11.3 Å². The van der Waals surface area contributed by atoms with Crippen molar-refractivity contribution in [1.82, 2.24) is 10.4 Å². The van der Waals surface area contributed by atoms with E-state index in [-0.39, 0.29) is 0 Å². The van der Waals surface area contributed by atoms with Crippen LogP contribution in [0.15, 0.2) is 11.6 Å². The highest BCUT2D eigenvalue weighted by molar-refractivity contribution is 7.09. The van der Waals surface area contributed by atoms with Crippen LogP contribution in [0.4, 0.5) is 0 Å². The maximum atomic E-state index is 6.02. The summed E-state index contributed by atoms with van der Waals surface area (Å²) >= 11 is 1.76. The molecule has 4 aliphatic rings. The third-order valence-electron chi connectivity index (χ3n) is 6.47. The number of aromatic nitrogens is 1. The van der Waals surface area contributed by atoms with Gasteiger partial charge in [0.25, 0.3) is 0 Å². The smallest absolute Gasteiger partial charge is 0.0941 e. The number of nitrogens with zero attached hydrogens (tertiary/aromatic N) is 1. The van der Waals surface area contributed by atoms with E-state index in [1.54, 1.807) is 11.3 Å². The first-order valence-electron chi connectivity index (χ1n) is 8.29. The highest BCUT2D eigenvalue weighted by Gasteiger charge is 2.62. The minimum Gasteiger partial charge on any atom is -0.271 e. The van der Waals surface area contributed by atoms with Crippen molar-refractivity contribution in [3.05, 3.63) is 16.6 Å². The summed E-state index contributed by atoms with van der Waals surface area (Å²) in [7, 11) is 0. The minimum absolute atomic E-state index is 0.380. The van der Waals surface area contributed by atoms with E-state index in [1.807, 2.05) is 6.20 Å². The molecule has 4 saturated carbocycles. The Morgan fingerprint density at radius 1 is 1.29 bits per heavy atom. The second-order valence-corrected chi connectivity index (χ2v) is 9.82. The van der Waals surface area contributed by atoms with E-state index in [4.69, 9.17) is 5.84 Å². The second kappa shape index (κ2) is 4.53. The van der Waals surface area contributed by atoms with E-state index in [0.29, 0.717) is 22.3 Å². The van der Waals surface area contributed by atoms with Gasteiger partial charge in [-0.05, 0) is 60.7 Å². The Morgan fingerprint density at radius 2 is 2.00 bits per heavy atom. The molecule has 0 aliphatic heterocycles. The first kappa shape index (κ1) is 14.2. The van der Waals surface area contributed by atoms with Crippen molar-refractivity contribution in [3.63, 3.8) is 0 Å². The molecule has 0 saturated heterocycles. The molecule has 5 rings (SSSR count). The highest BCUT2D eigenvalue weighted by atomic mass is 32.1. The molecule has 3 atom stereocenters. The van der Waals surface area contributed by atoms with Crippen LogP contribution in [0.2, 0.25) is 0 Å². The Hall–Kier alpha value is -0.450. The van der Waals surface area contributed by atoms with E-state index >= 15 is 0 Å². The lowest BCUT2D eigenvalue weighted by atomic mass is 9.39. The van der Waals surface area contributed by atoms with Crippen LogP contribution in [0.3, 0.4) is 0 Å². The lowest BCUT2D eigenvalue weighted by Gasteiger charge is -2.67. The van der Waals surface area contributed by atoms with Crippen LogP contribution in [-0.2, 0) is 6.42 Å². The summed E-state index contributed by atoms with van der Waals surface area (Å²) in [5, 5.41) is 3.30. The van der Waals surface area contributed by atoms with Gasteiger partial charge in [0.2, 0.25) is 0 Å². The summed E-state index contributed by atoms with van der Waals surface area (Å²) in [5.74, 6) is 6.94. The number of rotatable bonds is 4. The van der Waals surface area contributed by atoms with Gasteiger partial charge < -0.3 is 0 Å². The van der Waals surface area contributed by atoms with E-state index in [1.165, 1.54) is 43.5 Å². The lowest BCUT2D eigenvalue weighted by Crippen LogP contribution is -2.62. The summed E-state index contributed by atoms with van der Waals surface area (Å²) in [6, 6.07) is 0.380.